The Labute approximate surface area is 79.1 Å². The first-order valence-corrected chi connectivity index (χ1v) is 4.39. The maximum atomic E-state index is 11.3. The molecule has 1 rings (SSSR count). The highest BCUT2D eigenvalue weighted by molar-refractivity contribution is 9.10. The van der Waals surface area contributed by atoms with Gasteiger partial charge in [-0.1, -0.05) is 0 Å². The third-order valence-corrected chi connectivity index (χ3v) is 2.11. The quantitative estimate of drug-likeness (QED) is 0.785. The largest absolute Gasteiger partial charge is 0.383 e. The summed E-state index contributed by atoms with van der Waals surface area (Å²) in [5, 5.41) is 0. The maximum Gasteiger partial charge on any atom is 0.264 e. The molecule has 1 aromatic heterocycles. The zero-order valence-electron chi connectivity index (χ0n) is 6.79. The van der Waals surface area contributed by atoms with Crippen LogP contribution >= 0.6 is 15.9 Å². The van der Waals surface area contributed by atoms with E-state index in [0.29, 0.717) is 17.6 Å². The van der Waals surface area contributed by atoms with E-state index >= 15 is 0 Å². The van der Waals surface area contributed by atoms with Gasteiger partial charge in [0.25, 0.3) is 5.56 Å². The Kier molecular flexibility index (Phi) is 3.49. The minimum Gasteiger partial charge on any atom is -0.383 e. The highest BCUT2D eigenvalue weighted by Crippen LogP contribution is 2.00. The lowest BCUT2D eigenvalue weighted by Crippen LogP contribution is -2.21. The standard InChI is InChI=1S/C8H10BrNO2/c1-12-6-5-10-4-2-3-7(9)8(10)11/h2-4H,5-6H2,1H3. The first-order valence-electron chi connectivity index (χ1n) is 3.59. The number of methoxy groups -OCH3 is 1. The molecule has 0 atom stereocenters. The van der Waals surface area contributed by atoms with Gasteiger partial charge in [-0.3, -0.25) is 4.79 Å². The molecule has 1 heterocycles. The van der Waals surface area contributed by atoms with Gasteiger partial charge in [-0.15, -0.1) is 0 Å². The lowest BCUT2D eigenvalue weighted by atomic mass is 10.4. The molecule has 0 saturated heterocycles. The molecule has 0 saturated carbocycles. The Hall–Kier alpha value is -0.610. The Balaban J connectivity index is 2.85. The predicted molar refractivity (Wildman–Crippen MR) is 50.3 cm³/mol. The van der Waals surface area contributed by atoms with E-state index in [-0.39, 0.29) is 5.56 Å². The van der Waals surface area contributed by atoms with Gasteiger partial charge in [0.15, 0.2) is 0 Å². The molecule has 0 N–H and O–H groups in total. The predicted octanol–water partition coefficient (Wildman–Crippen LogP) is 1.26. The molecule has 0 radical (unpaired) electrons. The van der Waals surface area contributed by atoms with Gasteiger partial charge in [0.2, 0.25) is 0 Å². The molecule has 3 nitrogen and oxygen atoms in total. The number of aromatic nitrogens is 1. The van der Waals surface area contributed by atoms with Crippen molar-refractivity contribution in [2.24, 2.45) is 0 Å². The van der Waals surface area contributed by atoms with Crippen molar-refractivity contribution in [3.05, 3.63) is 33.2 Å². The fourth-order valence-corrected chi connectivity index (χ4v) is 1.25. The van der Waals surface area contributed by atoms with Gasteiger partial charge in [-0.2, -0.15) is 0 Å². The summed E-state index contributed by atoms with van der Waals surface area (Å²) in [7, 11) is 1.61. The molecule has 12 heavy (non-hydrogen) atoms. The minimum atomic E-state index is -0.0189. The fourth-order valence-electron chi connectivity index (χ4n) is 0.873. The molecular formula is C8H10BrNO2. The minimum absolute atomic E-state index is 0.0189. The number of hydrogen-bond acceptors (Lipinski definition) is 2. The average molecular weight is 232 g/mol. The zero-order valence-corrected chi connectivity index (χ0v) is 8.37. The first kappa shape index (κ1) is 9.48. The third-order valence-electron chi connectivity index (χ3n) is 1.51. The van der Waals surface area contributed by atoms with Gasteiger partial charge in [-0.05, 0) is 28.1 Å². The normalized spacial score (nSPS) is 10.2. The van der Waals surface area contributed by atoms with Crippen LogP contribution in [0, 0.1) is 0 Å². The summed E-state index contributed by atoms with van der Waals surface area (Å²) in [6.07, 6.45) is 1.74. The molecule has 0 aliphatic rings. The van der Waals surface area contributed by atoms with E-state index in [0.717, 1.165) is 0 Å². The van der Waals surface area contributed by atoms with E-state index in [4.69, 9.17) is 4.74 Å². The van der Waals surface area contributed by atoms with Crippen molar-refractivity contribution in [1.29, 1.82) is 0 Å². The lowest BCUT2D eigenvalue weighted by molar-refractivity contribution is 0.186. The van der Waals surface area contributed by atoms with Crippen LogP contribution in [0.2, 0.25) is 0 Å². The first-order chi connectivity index (χ1) is 5.75. The SMILES string of the molecule is COCCn1cccc(Br)c1=O. The second-order valence-electron chi connectivity index (χ2n) is 2.35. The summed E-state index contributed by atoms with van der Waals surface area (Å²) in [5.41, 5.74) is -0.0189. The average Bonchev–Trinajstić information content (AvgIpc) is 2.08. The zero-order chi connectivity index (χ0) is 8.97. The summed E-state index contributed by atoms with van der Waals surface area (Å²) in [6, 6.07) is 3.55. The summed E-state index contributed by atoms with van der Waals surface area (Å²) in [6.45, 7) is 1.14. The molecule has 66 valence electrons. The van der Waals surface area contributed by atoms with Crippen LogP contribution in [0.5, 0.6) is 0 Å². The van der Waals surface area contributed by atoms with Crippen molar-refractivity contribution in [2.75, 3.05) is 13.7 Å². The molecule has 1 aromatic rings. The Bertz CT molecular complexity index is 308. The molecule has 0 aromatic carbocycles. The van der Waals surface area contributed by atoms with Gasteiger partial charge in [-0.25, -0.2) is 0 Å². The van der Waals surface area contributed by atoms with E-state index in [9.17, 15) is 4.79 Å². The fraction of sp³-hybridized carbons (Fsp3) is 0.375. The van der Waals surface area contributed by atoms with E-state index in [1.165, 1.54) is 0 Å². The third kappa shape index (κ3) is 2.19. The number of ether oxygens (including phenoxy) is 1. The molecule has 0 amide bonds. The number of pyridine rings is 1. The topological polar surface area (TPSA) is 31.2 Å². The van der Waals surface area contributed by atoms with Gasteiger partial charge < -0.3 is 9.30 Å². The van der Waals surface area contributed by atoms with Gasteiger partial charge in [0.05, 0.1) is 11.1 Å². The van der Waals surface area contributed by atoms with Crippen molar-refractivity contribution in [1.82, 2.24) is 4.57 Å². The lowest BCUT2D eigenvalue weighted by Gasteiger charge is -2.03. The molecule has 0 aliphatic carbocycles. The van der Waals surface area contributed by atoms with Crippen molar-refractivity contribution < 1.29 is 4.74 Å². The van der Waals surface area contributed by atoms with Crippen molar-refractivity contribution in [2.45, 2.75) is 6.54 Å². The van der Waals surface area contributed by atoms with Gasteiger partial charge in [0.1, 0.15) is 0 Å². The van der Waals surface area contributed by atoms with Crippen LogP contribution in [0.3, 0.4) is 0 Å². The molecule has 0 fully saturated rings. The summed E-state index contributed by atoms with van der Waals surface area (Å²) < 4.78 is 7.05. The second-order valence-corrected chi connectivity index (χ2v) is 3.20. The van der Waals surface area contributed by atoms with Crippen LogP contribution in [0.15, 0.2) is 27.6 Å². The van der Waals surface area contributed by atoms with E-state index < -0.39 is 0 Å². The second kappa shape index (κ2) is 4.42. The van der Waals surface area contributed by atoms with E-state index in [2.05, 4.69) is 15.9 Å². The van der Waals surface area contributed by atoms with E-state index in [1.807, 2.05) is 6.07 Å². The van der Waals surface area contributed by atoms with Crippen LogP contribution in [0.1, 0.15) is 0 Å². The summed E-state index contributed by atoms with van der Waals surface area (Å²) in [4.78, 5) is 11.3. The molecular weight excluding hydrogens is 222 g/mol. The highest BCUT2D eigenvalue weighted by Gasteiger charge is 1.97. The van der Waals surface area contributed by atoms with E-state index in [1.54, 1.807) is 23.9 Å². The molecule has 0 aliphatic heterocycles. The number of hydrogen-bond donors (Lipinski definition) is 0. The van der Waals surface area contributed by atoms with Gasteiger partial charge in [0, 0.05) is 19.9 Å². The Morgan fingerprint density at radius 2 is 2.42 bits per heavy atom. The van der Waals surface area contributed by atoms with Crippen LogP contribution in [-0.4, -0.2) is 18.3 Å². The van der Waals surface area contributed by atoms with Crippen LogP contribution in [-0.2, 0) is 11.3 Å². The smallest absolute Gasteiger partial charge is 0.264 e. The molecule has 0 unspecified atom stereocenters. The van der Waals surface area contributed by atoms with Crippen molar-refractivity contribution in [3.63, 3.8) is 0 Å². The number of rotatable bonds is 3. The Morgan fingerprint density at radius 3 is 3.08 bits per heavy atom. The van der Waals surface area contributed by atoms with Crippen LogP contribution in [0.4, 0.5) is 0 Å². The maximum absolute atomic E-state index is 11.3. The number of nitrogens with zero attached hydrogens (tertiary/aromatic N) is 1. The van der Waals surface area contributed by atoms with Crippen LogP contribution < -0.4 is 5.56 Å². The monoisotopic (exact) mass is 231 g/mol. The summed E-state index contributed by atoms with van der Waals surface area (Å²) >= 11 is 3.16. The number of halogens is 1. The van der Waals surface area contributed by atoms with Gasteiger partial charge >= 0.3 is 0 Å². The molecule has 0 spiro atoms. The molecule has 0 bridgehead atoms. The summed E-state index contributed by atoms with van der Waals surface area (Å²) in [5.74, 6) is 0. The van der Waals surface area contributed by atoms with Crippen molar-refractivity contribution >= 4 is 15.9 Å². The highest BCUT2D eigenvalue weighted by atomic mass is 79.9. The van der Waals surface area contributed by atoms with Crippen LogP contribution in [0.25, 0.3) is 0 Å². The molecule has 4 heteroatoms. The van der Waals surface area contributed by atoms with Crippen molar-refractivity contribution in [3.8, 4) is 0 Å². The Morgan fingerprint density at radius 1 is 1.67 bits per heavy atom.